The minimum atomic E-state index is -3.63. The lowest BCUT2D eigenvalue weighted by Gasteiger charge is -2.26. The minimum absolute atomic E-state index is 0.365. The third-order valence-corrected chi connectivity index (χ3v) is 6.20. The number of nitriles is 1. The lowest BCUT2D eigenvalue weighted by atomic mass is 9.97. The van der Waals surface area contributed by atoms with Crippen molar-refractivity contribution in [2.24, 2.45) is 11.1 Å². The van der Waals surface area contributed by atoms with E-state index in [0.29, 0.717) is 18.0 Å². The van der Waals surface area contributed by atoms with E-state index in [4.69, 9.17) is 5.14 Å². The number of hydrogen-bond acceptors (Lipinski definition) is 5. The van der Waals surface area contributed by atoms with Crippen LogP contribution >= 0.6 is 0 Å². The molecule has 1 aliphatic rings. The summed E-state index contributed by atoms with van der Waals surface area (Å²) >= 11 is 0. The molecule has 28 heavy (non-hydrogen) atoms. The molecule has 2 aromatic rings. The zero-order valence-corrected chi connectivity index (χ0v) is 17.2. The molecule has 0 bridgehead atoms. The van der Waals surface area contributed by atoms with Crippen LogP contribution in [0.5, 0.6) is 0 Å². The first-order chi connectivity index (χ1) is 13.3. The SMILES string of the molecule is Cc1cc2ncc(C#N)c(N3CCCC(CCNS(N)(=O)=O)CC3)c2cc1C. The summed E-state index contributed by atoms with van der Waals surface area (Å²) in [6.07, 6.45) is 5.42. The molecule has 0 saturated carbocycles. The van der Waals surface area contributed by atoms with E-state index in [1.54, 1.807) is 6.20 Å². The lowest BCUT2D eigenvalue weighted by molar-refractivity contribution is 0.438. The van der Waals surface area contributed by atoms with Gasteiger partial charge in [-0.15, -0.1) is 0 Å². The smallest absolute Gasteiger partial charge is 0.274 e. The molecule has 7 nitrogen and oxygen atoms in total. The molecular formula is C20H27N5O2S. The molecule has 3 rings (SSSR count). The maximum atomic E-state index is 11.0. The summed E-state index contributed by atoms with van der Waals surface area (Å²) in [6, 6.07) is 6.52. The molecule has 150 valence electrons. The normalized spacial score (nSPS) is 18.1. The summed E-state index contributed by atoms with van der Waals surface area (Å²) in [7, 11) is -3.63. The van der Waals surface area contributed by atoms with Crippen LogP contribution in [0.1, 0.15) is 42.4 Å². The second-order valence-corrected chi connectivity index (χ2v) is 8.98. The van der Waals surface area contributed by atoms with Gasteiger partial charge in [-0.25, -0.2) is 9.86 Å². The maximum absolute atomic E-state index is 11.0. The van der Waals surface area contributed by atoms with Crippen LogP contribution in [0, 0.1) is 31.1 Å². The quantitative estimate of drug-likeness (QED) is 0.799. The van der Waals surface area contributed by atoms with Crippen molar-refractivity contribution in [3.05, 3.63) is 35.0 Å². The Balaban J connectivity index is 1.83. The van der Waals surface area contributed by atoms with Gasteiger partial charge in [0.2, 0.25) is 0 Å². The van der Waals surface area contributed by atoms with E-state index in [2.05, 4.69) is 46.7 Å². The van der Waals surface area contributed by atoms with Gasteiger partial charge in [0.1, 0.15) is 6.07 Å². The van der Waals surface area contributed by atoms with Gasteiger partial charge >= 0.3 is 0 Å². The van der Waals surface area contributed by atoms with Crippen molar-refractivity contribution in [3.8, 4) is 6.07 Å². The van der Waals surface area contributed by atoms with Gasteiger partial charge in [-0.2, -0.15) is 13.7 Å². The maximum Gasteiger partial charge on any atom is 0.274 e. The minimum Gasteiger partial charge on any atom is -0.370 e. The van der Waals surface area contributed by atoms with Gasteiger partial charge < -0.3 is 4.90 Å². The second-order valence-electron chi connectivity index (χ2n) is 7.60. The summed E-state index contributed by atoms with van der Waals surface area (Å²) in [5.74, 6) is 0.432. The highest BCUT2D eigenvalue weighted by Gasteiger charge is 2.22. The van der Waals surface area contributed by atoms with Crippen molar-refractivity contribution in [3.63, 3.8) is 0 Å². The fourth-order valence-corrected chi connectivity index (χ4v) is 4.35. The Hall–Kier alpha value is -2.21. The van der Waals surface area contributed by atoms with E-state index in [-0.39, 0.29) is 0 Å². The first kappa shape index (κ1) is 20.5. The number of benzene rings is 1. The summed E-state index contributed by atoms with van der Waals surface area (Å²) in [5.41, 5.74) is 4.86. The Morgan fingerprint density at radius 3 is 2.75 bits per heavy atom. The van der Waals surface area contributed by atoms with E-state index in [1.807, 2.05) is 0 Å². The zero-order chi connectivity index (χ0) is 20.3. The molecule has 1 aromatic carbocycles. The molecular weight excluding hydrogens is 374 g/mol. The Labute approximate surface area is 166 Å². The number of aromatic nitrogens is 1. The monoisotopic (exact) mass is 401 g/mol. The van der Waals surface area contributed by atoms with E-state index < -0.39 is 10.2 Å². The molecule has 0 radical (unpaired) electrons. The van der Waals surface area contributed by atoms with E-state index >= 15 is 0 Å². The van der Waals surface area contributed by atoms with Gasteiger partial charge in [0, 0.05) is 31.2 Å². The van der Waals surface area contributed by atoms with Crippen LogP contribution in [0.25, 0.3) is 10.9 Å². The Morgan fingerprint density at radius 2 is 2.04 bits per heavy atom. The number of anilines is 1. The predicted molar refractivity (Wildman–Crippen MR) is 111 cm³/mol. The standard InChI is InChI=1S/C20H27N5O2S/c1-14-10-18-19(11-15(14)2)23-13-17(12-21)20(18)25-8-3-4-16(6-9-25)5-7-24-28(22,26)27/h10-11,13,16,24H,3-9H2,1-2H3,(H2,22,26,27). The van der Waals surface area contributed by atoms with E-state index in [0.717, 1.165) is 55.4 Å². The highest BCUT2D eigenvalue weighted by atomic mass is 32.2. The molecule has 1 atom stereocenters. The van der Waals surface area contributed by atoms with Gasteiger partial charge in [-0.05, 0) is 68.7 Å². The number of aryl methyl sites for hydroxylation is 2. The van der Waals surface area contributed by atoms with Crippen molar-refractivity contribution >= 4 is 26.8 Å². The van der Waals surface area contributed by atoms with Crippen LogP contribution in [0.15, 0.2) is 18.3 Å². The van der Waals surface area contributed by atoms with Gasteiger partial charge in [-0.1, -0.05) is 0 Å². The van der Waals surface area contributed by atoms with Crippen molar-refractivity contribution in [2.75, 3.05) is 24.5 Å². The Morgan fingerprint density at radius 1 is 1.29 bits per heavy atom. The summed E-state index contributed by atoms with van der Waals surface area (Å²) in [4.78, 5) is 6.78. The summed E-state index contributed by atoms with van der Waals surface area (Å²) < 4.78 is 24.5. The topological polar surface area (TPSA) is 112 Å². The van der Waals surface area contributed by atoms with E-state index in [9.17, 15) is 13.7 Å². The number of nitrogens with two attached hydrogens (primary N) is 1. The van der Waals surface area contributed by atoms with Crippen LogP contribution in [-0.4, -0.2) is 33.0 Å². The first-order valence-corrected chi connectivity index (χ1v) is 11.2. The first-order valence-electron chi connectivity index (χ1n) is 9.61. The molecule has 3 N–H and O–H groups in total. The summed E-state index contributed by atoms with van der Waals surface area (Å²) in [5, 5.41) is 15.7. The molecule has 8 heteroatoms. The number of rotatable bonds is 5. The van der Waals surface area contributed by atoms with Crippen molar-refractivity contribution in [1.82, 2.24) is 9.71 Å². The fraction of sp³-hybridized carbons (Fsp3) is 0.500. The molecule has 0 amide bonds. The zero-order valence-electron chi connectivity index (χ0n) is 16.4. The number of pyridine rings is 1. The third kappa shape index (κ3) is 4.79. The molecule has 0 aliphatic carbocycles. The Kier molecular flexibility index (Phi) is 6.18. The van der Waals surface area contributed by atoms with Crippen LogP contribution in [-0.2, 0) is 10.2 Å². The van der Waals surface area contributed by atoms with Crippen LogP contribution in [0.2, 0.25) is 0 Å². The lowest BCUT2D eigenvalue weighted by Crippen LogP contribution is -2.32. The number of nitrogens with one attached hydrogen (secondary N) is 1. The van der Waals surface area contributed by atoms with Gasteiger partial charge in [0.15, 0.2) is 0 Å². The fourth-order valence-electron chi connectivity index (χ4n) is 3.94. The van der Waals surface area contributed by atoms with E-state index in [1.165, 1.54) is 11.1 Å². The van der Waals surface area contributed by atoms with Gasteiger partial charge in [0.05, 0.1) is 16.8 Å². The largest absolute Gasteiger partial charge is 0.370 e. The average Bonchev–Trinajstić information content (AvgIpc) is 2.86. The van der Waals surface area contributed by atoms with Crippen molar-refractivity contribution in [2.45, 2.75) is 39.5 Å². The van der Waals surface area contributed by atoms with Gasteiger partial charge in [0.25, 0.3) is 10.2 Å². The molecule has 0 spiro atoms. The summed E-state index contributed by atoms with van der Waals surface area (Å²) in [6.45, 7) is 6.22. The van der Waals surface area contributed by atoms with Crippen LogP contribution in [0.4, 0.5) is 5.69 Å². The average molecular weight is 402 g/mol. The molecule has 1 fully saturated rings. The molecule has 1 aromatic heterocycles. The van der Waals surface area contributed by atoms with Gasteiger partial charge in [-0.3, -0.25) is 4.98 Å². The molecule has 1 unspecified atom stereocenters. The second kappa shape index (κ2) is 8.43. The van der Waals surface area contributed by atoms with Crippen molar-refractivity contribution in [1.29, 1.82) is 5.26 Å². The van der Waals surface area contributed by atoms with Crippen LogP contribution < -0.4 is 14.8 Å². The molecule has 1 aliphatic heterocycles. The molecule has 2 heterocycles. The highest BCUT2D eigenvalue weighted by Crippen LogP contribution is 2.33. The predicted octanol–water partition coefficient (Wildman–Crippen LogP) is 2.51. The number of nitrogens with zero attached hydrogens (tertiary/aromatic N) is 3. The highest BCUT2D eigenvalue weighted by molar-refractivity contribution is 7.87. The number of fused-ring (bicyclic) bond motifs is 1. The third-order valence-electron chi connectivity index (χ3n) is 5.60. The Bertz CT molecular complexity index is 1010. The van der Waals surface area contributed by atoms with Crippen LogP contribution in [0.3, 0.4) is 0 Å². The number of hydrogen-bond donors (Lipinski definition) is 2. The van der Waals surface area contributed by atoms with Crippen molar-refractivity contribution < 1.29 is 8.42 Å². The molecule has 1 saturated heterocycles.